The van der Waals surface area contributed by atoms with E-state index in [-0.39, 0.29) is 11.9 Å². The molecule has 3 atom stereocenters. The Labute approximate surface area is 187 Å². The summed E-state index contributed by atoms with van der Waals surface area (Å²) in [5, 5.41) is 3.92. The Hall–Kier alpha value is -2.70. The zero-order chi connectivity index (χ0) is 21.4. The van der Waals surface area contributed by atoms with Gasteiger partial charge >= 0.3 is 0 Å². The van der Waals surface area contributed by atoms with Crippen molar-refractivity contribution >= 4 is 17.5 Å². The third kappa shape index (κ3) is 4.10. The number of hydrogen-bond acceptors (Lipinski definition) is 4. The van der Waals surface area contributed by atoms with Crippen LogP contribution in [0.2, 0.25) is 5.02 Å². The van der Waals surface area contributed by atoms with Crippen LogP contribution in [0, 0.1) is 12.8 Å². The van der Waals surface area contributed by atoms with E-state index in [0.717, 1.165) is 43.7 Å². The molecule has 1 aliphatic carbocycles. The second-order valence-corrected chi connectivity index (χ2v) is 9.04. The molecule has 4 heterocycles. The molecule has 2 fully saturated rings. The number of nitrogens with zero attached hydrogens (tertiary/aromatic N) is 4. The molecule has 0 radical (unpaired) electrons. The Kier molecular flexibility index (Phi) is 5.50. The molecule has 1 amide bonds. The summed E-state index contributed by atoms with van der Waals surface area (Å²) in [5.41, 5.74) is 2.86. The first-order valence-electron chi connectivity index (χ1n) is 10.8. The fourth-order valence-corrected chi connectivity index (χ4v) is 5.28. The molecule has 2 aliphatic rings. The lowest BCUT2D eigenvalue weighted by Crippen LogP contribution is -2.39. The zero-order valence-electron chi connectivity index (χ0n) is 17.5. The summed E-state index contributed by atoms with van der Waals surface area (Å²) in [4.78, 5) is 23.9. The smallest absolute Gasteiger partial charge is 0.253 e. The molecule has 7 heteroatoms. The van der Waals surface area contributed by atoms with E-state index in [4.69, 9.17) is 11.6 Å². The quantitative estimate of drug-likeness (QED) is 0.657. The van der Waals surface area contributed by atoms with Crippen molar-refractivity contribution < 1.29 is 4.79 Å². The van der Waals surface area contributed by atoms with Crippen LogP contribution in [0.1, 0.15) is 40.9 Å². The molecule has 3 aromatic rings. The van der Waals surface area contributed by atoms with Crippen molar-refractivity contribution in [3.05, 3.63) is 77.0 Å². The van der Waals surface area contributed by atoms with Gasteiger partial charge < -0.3 is 9.88 Å². The number of amides is 1. The van der Waals surface area contributed by atoms with Gasteiger partial charge in [-0.15, -0.1) is 0 Å². The summed E-state index contributed by atoms with van der Waals surface area (Å²) < 4.78 is 2.13. The van der Waals surface area contributed by atoms with Crippen LogP contribution in [0.5, 0.6) is 0 Å². The summed E-state index contributed by atoms with van der Waals surface area (Å²) in [7, 11) is 0. The van der Waals surface area contributed by atoms with E-state index in [2.05, 4.69) is 36.9 Å². The van der Waals surface area contributed by atoms with Crippen LogP contribution < -0.4 is 5.32 Å². The number of aromatic nitrogens is 3. The maximum absolute atomic E-state index is 12.7. The number of pyridine rings is 2. The lowest BCUT2D eigenvalue weighted by Gasteiger charge is -2.25. The first-order valence-corrected chi connectivity index (χ1v) is 11.2. The highest BCUT2D eigenvalue weighted by Gasteiger charge is 2.44. The molecule has 0 spiro atoms. The highest BCUT2D eigenvalue weighted by Crippen LogP contribution is 2.39. The monoisotopic (exact) mass is 435 g/mol. The van der Waals surface area contributed by atoms with E-state index in [1.165, 1.54) is 5.69 Å². The molecule has 1 saturated carbocycles. The normalized spacial score (nSPS) is 23.1. The SMILES string of the molecule is Cc1cncc(C(=O)N[C@H]2CC[C@@H]3[C@H]2CCN3Cc2cccn2-c2ccc(Cl)cn2)c1. The maximum atomic E-state index is 12.7. The van der Waals surface area contributed by atoms with E-state index in [1.54, 1.807) is 18.6 Å². The summed E-state index contributed by atoms with van der Waals surface area (Å²) in [6, 6.07) is 10.7. The van der Waals surface area contributed by atoms with Crippen LogP contribution in [0.3, 0.4) is 0 Å². The zero-order valence-corrected chi connectivity index (χ0v) is 18.3. The molecule has 1 N–H and O–H groups in total. The lowest BCUT2D eigenvalue weighted by atomic mass is 9.99. The maximum Gasteiger partial charge on any atom is 0.253 e. The van der Waals surface area contributed by atoms with Crippen molar-refractivity contribution in [2.75, 3.05) is 6.54 Å². The van der Waals surface area contributed by atoms with Gasteiger partial charge in [0.2, 0.25) is 0 Å². The summed E-state index contributed by atoms with van der Waals surface area (Å²) >= 11 is 5.99. The number of carbonyl (C=O) groups excluding carboxylic acids is 1. The summed E-state index contributed by atoms with van der Waals surface area (Å²) in [6.07, 6.45) is 10.4. The molecule has 160 valence electrons. The molecule has 0 aromatic carbocycles. The molecule has 6 nitrogen and oxygen atoms in total. The predicted molar refractivity (Wildman–Crippen MR) is 120 cm³/mol. The van der Waals surface area contributed by atoms with Crippen LogP contribution in [-0.2, 0) is 6.54 Å². The van der Waals surface area contributed by atoms with Crippen molar-refractivity contribution in [1.29, 1.82) is 0 Å². The van der Waals surface area contributed by atoms with Gasteiger partial charge in [0.1, 0.15) is 5.82 Å². The third-order valence-corrected chi connectivity index (χ3v) is 6.84. The molecule has 1 saturated heterocycles. The van der Waals surface area contributed by atoms with Crippen LogP contribution >= 0.6 is 11.6 Å². The van der Waals surface area contributed by atoms with Gasteiger partial charge in [-0.1, -0.05) is 11.6 Å². The average Bonchev–Trinajstić information content (AvgIpc) is 3.48. The van der Waals surface area contributed by atoms with E-state index in [9.17, 15) is 4.79 Å². The third-order valence-electron chi connectivity index (χ3n) is 6.61. The van der Waals surface area contributed by atoms with Gasteiger partial charge in [-0.05, 0) is 74.5 Å². The van der Waals surface area contributed by atoms with E-state index in [0.29, 0.717) is 22.5 Å². The largest absolute Gasteiger partial charge is 0.349 e. The van der Waals surface area contributed by atoms with Gasteiger partial charge in [0, 0.05) is 49.1 Å². The Morgan fingerprint density at radius 2 is 2.10 bits per heavy atom. The minimum Gasteiger partial charge on any atom is -0.349 e. The molecule has 5 rings (SSSR count). The number of halogens is 1. The van der Waals surface area contributed by atoms with Crippen molar-refractivity contribution in [2.45, 2.75) is 44.8 Å². The fraction of sp³-hybridized carbons (Fsp3) is 0.375. The van der Waals surface area contributed by atoms with Crippen LogP contribution in [0.25, 0.3) is 5.82 Å². The molecular formula is C24H26ClN5O. The fourth-order valence-electron chi connectivity index (χ4n) is 5.17. The Bertz CT molecular complexity index is 1080. The summed E-state index contributed by atoms with van der Waals surface area (Å²) in [6.45, 7) is 3.88. The number of likely N-dealkylation sites (tertiary alicyclic amines) is 1. The molecule has 0 unspecified atom stereocenters. The minimum absolute atomic E-state index is 0.0111. The van der Waals surface area contributed by atoms with Gasteiger partial charge in [-0.2, -0.15) is 0 Å². The van der Waals surface area contributed by atoms with E-state index >= 15 is 0 Å². The molecule has 1 aliphatic heterocycles. The summed E-state index contributed by atoms with van der Waals surface area (Å²) in [5.74, 6) is 1.37. The second-order valence-electron chi connectivity index (χ2n) is 8.60. The predicted octanol–water partition coefficient (Wildman–Crippen LogP) is 4.01. The van der Waals surface area contributed by atoms with Crippen molar-refractivity contribution in [2.24, 2.45) is 5.92 Å². The Morgan fingerprint density at radius 1 is 1.19 bits per heavy atom. The number of hydrogen-bond donors (Lipinski definition) is 1. The highest BCUT2D eigenvalue weighted by molar-refractivity contribution is 6.30. The average molecular weight is 436 g/mol. The van der Waals surface area contributed by atoms with Gasteiger partial charge in [-0.3, -0.25) is 14.7 Å². The van der Waals surface area contributed by atoms with Gasteiger partial charge in [0.25, 0.3) is 5.91 Å². The first-order chi connectivity index (χ1) is 15.1. The van der Waals surface area contributed by atoms with Gasteiger partial charge in [-0.25, -0.2) is 4.98 Å². The Balaban J connectivity index is 1.25. The second kappa shape index (κ2) is 8.44. The first kappa shape index (κ1) is 20.2. The number of carbonyl (C=O) groups is 1. The molecule has 31 heavy (non-hydrogen) atoms. The van der Waals surface area contributed by atoms with Crippen LogP contribution in [0.15, 0.2) is 55.1 Å². The van der Waals surface area contributed by atoms with Crippen LogP contribution in [0.4, 0.5) is 0 Å². The van der Waals surface area contributed by atoms with Gasteiger partial charge in [0.15, 0.2) is 0 Å². The minimum atomic E-state index is -0.0111. The van der Waals surface area contributed by atoms with Gasteiger partial charge in [0.05, 0.1) is 10.6 Å². The Morgan fingerprint density at radius 3 is 2.90 bits per heavy atom. The number of aryl methyl sites for hydroxylation is 1. The number of nitrogens with one attached hydrogen (secondary N) is 1. The highest BCUT2D eigenvalue weighted by atomic mass is 35.5. The van der Waals surface area contributed by atoms with E-state index in [1.807, 2.05) is 31.3 Å². The topological polar surface area (TPSA) is 63.1 Å². The molecule has 3 aromatic heterocycles. The van der Waals surface area contributed by atoms with Crippen LogP contribution in [-0.4, -0.2) is 44.0 Å². The molecule has 0 bridgehead atoms. The van der Waals surface area contributed by atoms with E-state index < -0.39 is 0 Å². The van der Waals surface area contributed by atoms with Crippen molar-refractivity contribution in [3.8, 4) is 5.82 Å². The number of fused-ring (bicyclic) bond motifs is 1. The van der Waals surface area contributed by atoms with Crippen molar-refractivity contribution in [1.82, 2.24) is 24.8 Å². The lowest BCUT2D eigenvalue weighted by molar-refractivity contribution is 0.0926. The standard InChI is InChI=1S/C24H26ClN5O/c1-16-11-17(13-26-12-16)24(31)28-21-5-6-22-20(21)8-10-29(22)15-19-3-2-9-30(19)23-7-4-18(25)14-27-23/h2-4,7,9,11-14,20-22H,5-6,8,10,15H2,1H3,(H,28,31)/t20-,21-,22+/m0/s1. The molecular weight excluding hydrogens is 410 g/mol. The van der Waals surface area contributed by atoms with Crippen molar-refractivity contribution in [3.63, 3.8) is 0 Å². The number of rotatable bonds is 5.